The van der Waals surface area contributed by atoms with Crippen LogP contribution in [0.15, 0.2) is 35.9 Å². The summed E-state index contributed by atoms with van der Waals surface area (Å²) >= 11 is 0. The molecule has 5 heteroatoms. The summed E-state index contributed by atoms with van der Waals surface area (Å²) in [5.41, 5.74) is 2.91. The Morgan fingerprint density at radius 1 is 0.968 bits per heavy atom. The normalized spacial score (nSPS) is 30.7. The maximum Gasteiger partial charge on any atom is 0.101 e. The summed E-state index contributed by atoms with van der Waals surface area (Å²) in [6.07, 6.45) is 11.0. The molecular formula is C26H41N3O2. The van der Waals surface area contributed by atoms with Crippen molar-refractivity contribution in [1.29, 1.82) is 0 Å². The molecule has 2 unspecified atom stereocenters. The quantitative estimate of drug-likeness (QED) is 0.642. The number of rotatable bonds is 6. The van der Waals surface area contributed by atoms with E-state index in [4.69, 9.17) is 9.47 Å². The largest absolute Gasteiger partial charge is 0.494 e. The number of ether oxygens (including phenoxy) is 2. The lowest BCUT2D eigenvalue weighted by Crippen LogP contribution is -2.47. The molecule has 3 aliphatic heterocycles. The van der Waals surface area contributed by atoms with Gasteiger partial charge in [0.25, 0.3) is 0 Å². The zero-order valence-corrected chi connectivity index (χ0v) is 19.6. The van der Waals surface area contributed by atoms with Gasteiger partial charge in [0.15, 0.2) is 0 Å². The van der Waals surface area contributed by atoms with Crippen LogP contribution in [0.2, 0.25) is 0 Å². The van der Waals surface area contributed by atoms with E-state index in [2.05, 4.69) is 47.3 Å². The highest BCUT2D eigenvalue weighted by Crippen LogP contribution is 2.53. The third-order valence-corrected chi connectivity index (χ3v) is 8.21. The van der Waals surface area contributed by atoms with Crippen molar-refractivity contribution < 1.29 is 9.47 Å². The maximum atomic E-state index is 6.51. The molecule has 0 aromatic rings. The Morgan fingerprint density at radius 2 is 1.68 bits per heavy atom. The molecule has 2 atom stereocenters. The number of likely N-dealkylation sites (tertiary alicyclic amines) is 1. The summed E-state index contributed by atoms with van der Waals surface area (Å²) < 4.78 is 12.0. The maximum absolute atomic E-state index is 6.51. The Morgan fingerprint density at radius 3 is 2.35 bits per heavy atom. The van der Waals surface area contributed by atoms with Gasteiger partial charge in [0.05, 0.1) is 0 Å². The third kappa shape index (κ3) is 4.68. The Hall–Kier alpha value is -1.46. The van der Waals surface area contributed by atoms with E-state index in [1.165, 1.54) is 43.8 Å². The Labute approximate surface area is 188 Å². The highest BCUT2D eigenvalue weighted by Gasteiger charge is 2.47. The van der Waals surface area contributed by atoms with Crippen LogP contribution in [-0.4, -0.2) is 79.3 Å². The van der Waals surface area contributed by atoms with E-state index in [0.29, 0.717) is 29.9 Å². The van der Waals surface area contributed by atoms with E-state index in [-0.39, 0.29) is 0 Å². The van der Waals surface area contributed by atoms with Crippen LogP contribution in [0.25, 0.3) is 0 Å². The van der Waals surface area contributed by atoms with E-state index in [0.717, 1.165) is 52.2 Å². The average Bonchev–Trinajstić information content (AvgIpc) is 3.61. The van der Waals surface area contributed by atoms with E-state index < -0.39 is 0 Å². The molecule has 0 spiro atoms. The van der Waals surface area contributed by atoms with E-state index in [1.54, 1.807) is 5.70 Å². The fraction of sp³-hybridized carbons (Fsp3) is 0.769. The smallest absolute Gasteiger partial charge is 0.101 e. The van der Waals surface area contributed by atoms with Gasteiger partial charge in [0.2, 0.25) is 0 Å². The highest BCUT2D eigenvalue weighted by molar-refractivity contribution is 5.33. The van der Waals surface area contributed by atoms with Crippen molar-refractivity contribution in [3.05, 3.63) is 35.9 Å². The Balaban J connectivity index is 1.12. The molecule has 2 aliphatic carbocycles. The van der Waals surface area contributed by atoms with Crippen LogP contribution in [0.1, 0.15) is 46.0 Å². The minimum Gasteiger partial charge on any atom is -0.494 e. The molecule has 4 fully saturated rings. The van der Waals surface area contributed by atoms with Crippen LogP contribution < -0.4 is 0 Å². The second-order valence-electron chi connectivity index (χ2n) is 10.4. The molecule has 0 amide bonds. The van der Waals surface area contributed by atoms with Gasteiger partial charge in [-0.05, 0) is 58.1 Å². The first-order valence-electron chi connectivity index (χ1n) is 12.7. The van der Waals surface area contributed by atoms with Crippen LogP contribution in [0.5, 0.6) is 0 Å². The van der Waals surface area contributed by atoms with Crippen molar-refractivity contribution >= 4 is 0 Å². The number of hydrogen-bond donors (Lipinski definition) is 0. The minimum absolute atomic E-state index is 0.414. The van der Waals surface area contributed by atoms with Gasteiger partial charge < -0.3 is 24.2 Å². The number of piperidine rings is 1. The third-order valence-electron chi connectivity index (χ3n) is 8.21. The lowest BCUT2D eigenvalue weighted by Gasteiger charge is -2.42. The number of nitrogens with zero attached hydrogens (tertiary/aromatic N) is 3. The second kappa shape index (κ2) is 9.19. The van der Waals surface area contributed by atoms with Crippen LogP contribution in [0.3, 0.4) is 0 Å². The summed E-state index contributed by atoms with van der Waals surface area (Å²) in [6.45, 7) is 17.6. The van der Waals surface area contributed by atoms with Crippen LogP contribution in [0, 0.1) is 17.8 Å². The summed E-state index contributed by atoms with van der Waals surface area (Å²) in [6, 6.07) is 0.655. The molecule has 5 rings (SSSR count). The fourth-order valence-corrected chi connectivity index (χ4v) is 5.96. The molecule has 3 saturated heterocycles. The first-order chi connectivity index (χ1) is 15.1. The molecule has 172 valence electrons. The second-order valence-corrected chi connectivity index (χ2v) is 10.4. The monoisotopic (exact) mass is 427 g/mol. The number of piperazine rings is 1. The van der Waals surface area contributed by atoms with Gasteiger partial charge in [-0.3, -0.25) is 0 Å². The zero-order valence-electron chi connectivity index (χ0n) is 19.6. The van der Waals surface area contributed by atoms with Crippen molar-refractivity contribution in [3.63, 3.8) is 0 Å². The summed E-state index contributed by atoms with van der Waals surface area (Å²) in [5.74, 6) is 3.22. The summed E-state index contributed by atoms with van der Waals surface area (Å²) in [4.78, 5) is 7.74. The SMILES string of the molecule is C=C(C1CCOCC1)N1CCN(C2=CC=C(OC3CCN(C(C)C)CC3)C3CC23)CC1. The predicted molar refractivity (Wildman–Crippen MR) is 124 cm³/mol. The van der Waals surface area contributed by atoms with Gasteiger partial charge >= 0.3 is 0 Å². The lowest BCUT2D eigenvalue weighted by molar-refractivity contribution is 0.0334. The Kier molecular flexibility index (Phi) is 6.34. The molecular weight excluding hydrogens is 386 g/mol. The Bertz CT molecular complexity index is 708. The molecule has 0 aromatic heterocycles. The van der Waals surface area contributed by atoms with Gasteiger partial charge in [-0.1, -0.05) is 6.58 Å². The standard InChI is InChI=1S/C26H41N3O2/c1-19(2)27-10-6-22(7-11-27)31-26-5-4-25(23-18-24(23)26)29-14-12-28(13-15-29)20(3)21-8-16-30-17-9-21/h4-5,19,21-24H,3,6-18H2,1-2H3. The van der Waals surface area contributed by atoms with E-state index >= 15 is 0 Å². The summed E-state index contributed by atoms with van der Waals surface area (Å²) in [5, 5.41) is 0. The molecule has 1 saturated carbocycles. The van der Waals surface area contributed by atoms with Crippen molar-refractivity contribution in [2.24, 2.45) is 17.8 Å². The number of hydrogen-bond acceptors (Lipinski definition) is 5. The first-order valence-corrected chi connectivity index (χ1v) is 12.7. The first kappa shape index (κ1) is 21.4. The van der Waals surface area contributed by atoms with Gasteiger partial charge in [-0.25, -0.2) is 0 Å². The number of allylic oxidation sites excluding steroid dienone is 5. The minimum atomic E-state index is 0.414. The van der Waals surface area contributed by atoms with Gasteiger partial charge in [0, 0.05) is 87.7 Å². The molecule has 5 aliphatic rings. The van der Waals surface area contributed by atoms with Gasteiger partial charge in [0.1, 0.15) is 11.9 Å². The van der Waals surface area contributed by atoms with Crippen molar-refractivity contribution in [3.8, 4) is 0 Å². The average molecular weight is 428 g/mol. The topological polar surface area (TPSA) is 28.2 Å². The van der Waals surface area contributed by atoms with Gasteiger partial charge in [-0.2, -0.15) is 0 Å². The van der Waals surface area contributed by atoms with Crippen LogP contribution in [0.4, 0.5) is 0 Å². The molecule has 0 aromatic carbocycles. The van der Waals surface area contributed by atoms with Crippen LogP contribution in [-0.2, 0) is 9.47 Å². The molecule has 0 N–H and O–H groups in total. The molecule has 31 heavy (non-hydrogen) atoms. The molecule has 5 nitrogen and oxygen atoms in total. The molecule has 0 bridgehead atoms. The van der Waals surface area contributed by atoms with Crippen molar-refractivity contribution in [2.75, 3.05) is 52.5 Å². The number of fused-ring (bicyclic) bond motifs is 1. The van der Waals surface area contributed by atoms with Crippen molar-refractivity contribution in [1.82, 2.24) is 14.7 Å². The fourth-order valence-electron chi connectivity index (χ4n) is 5.96. The zero-order chi connectivity index (χ0) is 21.4. The predicted octanol–water partition coefficient (Wildman–Crippen LogP) is 3.85. The lowest BCUT2D eigenvalue weighted by atomic mass is 9.95. The van der Waals surface area contributed by atoms with E-state index in [1.807, 2.05) is 0 Å². The van der Waals surface area contributed by atoms with Crippen molar-refractivity contribution in [2.45, 2.75) is 58.1 Å². The van der Waals surface area contributed by atoms with Crippen LogP contribution >= 0.6 is 0 Å². The highest BCUT2D eigenvalue weighted by atomic mass is 16.5. The molecule has 3 heterocycles. The molecule has 0 radical (unpaired) electrons. The van der Waals surface area contributed by atoms with E-state index in [9.17, 15) is 0 Å². The van der Waals surface area contributed by atoms with Gasteiger partial charge in [-0.15, -0.1) is 0 Å². The summed E-state index contributed by atoms with van der Waals surface area (Å²) in [7, 11) is 0.